The predicted octanol–water partition coefficient (Wildman–Crippen LogP) is 0.237. The number of carbonyl (C=O) groups excluding carboxylic acids is 1. The lowest BCUT2D eigenvalue weighted by Gasteiger charge is -2.25. The highest BCUT2D eigenvalue weighted by molar-refractivity contribution is 6.45. The molecule has 1 heterocycles. The van der Waals surface area contributed by atoms with E-state index in [2.05, 4.69) is 24.4 Å². The Hall–Kier alpha value is -0.545. The van der Waals surface area contributed by atoms with Crippen LogP contribution >= 0.6 is 0 Å². The molecular weight excluding hydrogens is 191 g/mol. The van der Waals surface area contributed by atoms with E-state index in [1.54, 1.807) is 6.82 Å². The molecule has 0 aromatic carbocycles. The summed E-state index contributed by atoms with van der Waals surface area (Å²) in [5, 5.41) is 15.2. The largest absolute Gasteiger partial charge is 0.437 e. The molecule has 5 heteroatoms. The van der Waals surface area contributed by atoms with Crippen molar-refractivity contribution in [3.05, 3.63) is 0 Å². The third kappa shape index (κ3) is 3.84. The first kappa shape index (κ1) is 12.5. The minimum atomic E-state index is -0.512. The van der Waals surface area contributed by atoms with Crippen LogP contribution in [0.2, 0.25) is 6.82 Å². The summed E-state index contributed by atoms with van der Waals surface area (Å²) >= 11 is 0. The van der Waals surface area contributed by atoms with E-state index in [9.17, 15) is 9.82 Å². The summed E-state index contributed by atoms with van der Waals surface area (Å²) in [6, 6.07) is 0.207. The molecule has 3 N–H and O–H groups in total. The molecule has 1 fully saturated rings. The molecule has 1 amide bonds. The number of hydrogen-bond acceptors (Lipinski definition) is 3. The summed E-state index contributed by atoms with van der Waals surface area (Å²) in [7, 11) is -0.512. The Bertz CT molecular complexity index is 221. The van der Waals surface area contributed by atoms with Gasteiger partial charge in [-0.15, -0.1) is 0 Å². The van der Waals surface area contributed by atoms with Gasteiger partial charge in [0.25, 0.3) is 0 Å². The van der Waals surface area contributed by atoms with Crippen LogP contribution < -0.4 is 10.5 Å². The lowest BCUT2D eigenvalue weighted by Crippen LogP contribution is -2.44. The van der Waals surface area contributed by atoms with Gasteiger partial charge in [0.05, 0.1) is 0 Å². The first-order valence-electron chi connectivity index (χ1n) is 5.72. The minimum absolute atomic E-state index is 0.114. The fraction of sp³-hybridized carbons (Fsp3) is 0.900. The van der Waals surface area contributed by atoms with Gasteiger partial charge in [-0.2, -0.15) is 0 Å². The maximum atomic E-state index is 11.4. The van der Waals surface area contributed by atoms with Crippen LogP contribution in [0.3, 0.4) is 0 Å². The third-order valence-electron chi connectivity index (χ3n) is 2.96. The highest BCUT2D eigenvalue weighted by atomic mass is 16.2. The number of amides is 1. The van der Waals surface area contributed by atoms with Gasteiger partial charge in [0.1, 0.15) is 0 Å². The van der Waals surface area contributed by atoms with E-state index in [0.29, 0.717) is 5.92 Å². The summed E-state index contributed by atoms with van der Waals surface area (Å²) in [6.45, 7) is 6.72. The normalized spacial score (nSPS) is 23.0. The first-order valence-corrected chi connectivity index (χ1v) is 5.72. The fourth-order valence-electron chi connectivity index (χ4n) is 2.02. The van der Waals surface area contributed by atoms with Crippen molar-refractivity contribution in [1.29, 1.82) is 0 Å². The van der Waals surface area contributed by atoms with Crippen molar-refractivity contribution in [3.8, 4) is 0 Å². The zero-order valence-corrected chi connectivity index (χ0v) is 9.79. The van der Waals surface area contributed by atoms with E-state index in [0.717, 1.165) is 19.4 Å². The molecule has 0 saturated carbocycles. The maximum absolute atomic E-state index is 11.4. The van der Waals surface area contributed by atoms with Crippen LogP contribution in [0.25, 0.3) is 0 Å². The van der Waals surface area contributed by atoms with Crippen molar-refractivity contribution >= 4 is 13.0 Å². The number of nitrogens with one attached hydrogen (secondary N) is 2. The molecule has 0 aromatic heterocycles. The molecule has 15 heavy (non-hydrogen) atoms. The molecule has 1 aliphatic rings. The zero-order chi connectivity index (χ0) is 11.4. The van der Waals surface area contributed by atoms with Gasteiger partial charge >= 0.3 is 7.05 Å². The molecule has 1 rings (SSSR count). The van der Waals surface area contributed by atoms with Gasteiger partial charge < -0.3 is 15.6 Å². The molecule has 0 aliphatic carbocycles. The van der Waals surface area contributed by atoms with Gasteiger partial charge in [0.2, 0.25) is 5.91 Å². The van der Waals surface area contributed by atoms with Crippen molar-refractivity contribution in [2.45, 2.75) is 39.6 Å². The van der Waals surface area contributed by atoms with Crippen LogP contribution in [-0.4, -0.2) is 30.6 Å². The second-order valence-electron chi connectivity index (χ2n) is 4.71. The van der Waals surface area contributed by atoms with Crippen LogP contribution in [0.1, 0.15) is 26.7 Å². The minimum Gasteiger partial charge on any atom is -0.437 e. The van der Waals surface area contributed by atoms with Crippen molar-refractivity contribution in [2.75, 3.05) is 6.54 Å². The maximum Gasteiger partial charge on any atom is 0.373 e. The molecular formula is C10H21BN2O2. The Kier molecular flexibility index (Phi) is 4.60. The summed E-state index contributed by atoms with van der Waals surface area (Å²) < 4.78 is 0. The summed E-state index contributed by atoms with van der Waals surface area (Å²) in [5.74, 6) is 0.699. The van der Waals surface area contributed by atoms with E-state index in [1.165, 1.54) is 0 Å². The number of hydrogen-bond donors (Lipinski definition) is 3. The molecule has 0 aromatic rings. The topological polar surface area (TPSA) is 61.4 Å². The van der Waals surface area contributed by atoms with Crippen molar-refractivity contribution in [2.24, 2.45) is 11.8 Å². The lowest BCUT2D eigenvalue weighted by molar-refractivity contribution is -0.122. The second kappa shape index (κ2) is 5.51. The molecule has 2 unspecified atom stereocenters. The quantitative estimate of drug-likeness (QED) is 0.572. The predicted molar refractivity (Wildman–Crippen MR) is 61.3 cm³/mol. The second-order valence-corrected chi connectivity index (χ2v) is 4.71. The van der Waals surface area contributed by atoms with E-state index in [-0.39, 0.29) is 17.9 Å². The van der Waals surface area contributed by atoms with Crippen LogP contribution in [0, 0.1) is 11.8 Å². The molecule has 86 valence electrons. The molecule has 1 aliphatic heterocycles. The lowest BCUT2D eigenvalue weighted by atomic mass is 9.82. The number of carbonyl (C=O) groups is 1. The number of rotatable bonds is 5. The smallest absolute Gasteiger partial charge is 0.373 e. The van der Waals surface area contributed by atoms with Crippen molar-refractivity contribution < 1.29 is 9.82 Å². The van der Waals surface area contributed by atoms with Crippen molar-refractivity contribution in [1.82, 2.24) is 10.5 Å². The Morgan fingerprint density at radius 3 is 2.73 bits per heavy atom. The molecule has 2 atom stereocenters. The van der Waals surface area contributed by atoms with Gasteiger partial charge in [0, 0.05) is 18.5 Å². The average Bonchev–Trinajstić information content (AvgIpc) is 2.50. The van der Waals surface area contributed by atoms with E-state index in [4.69, 9.17) is 0 Å². The van der Waals surface area contributed by atoms with Crippen LogP contribution in [0.5, 0.6) is 0 Å². The SMILES string of the molecule is CB(O)NC(CC1CCNC1=O)C(C)C. The average molecular weight is 212 g/mol. The van der Waals surface area contributed by atoms with Crippen molar-refractivity contribution in [3.63, 3.8) is 0 Å². The summed E-state index contributed by atoms with van der Waals surface area (Å²) in [5.41, 5.74) is 0. The Morgan fingerprint density at radius 2 is 2.33 bits per heavy atom. The highest BCUT2D eigenvalue weighted by Gasteiger charge is 2.29. The molecule has 0 bridgehead atoms. The Labute approximate surface area is 92.0 Å². The van der Waals surface area contributed by atoms with Crippen LogP contribution in [-0.2, 0) is 4.79 Å². The van der Waals surface area contributed by atoms with E-state index in [1.807, 2.05) is 0 Å². The third-order valence-corrected chi connectivity index (χ3v) is 2.96. The monoisotopic (exact) mass is 212 g/mol. The Balaban J connectivity index is 2.46. The van der Waals surface area contributed by atoms with Gasteiger partial charge in [-0.05, 0) is 25.6 Å². The summed E-state index contributed by atoms with van der Waals surface area (Å²) in [6.07, 6.45) is 1.73. The zero-order valence-electron chi connectivity index (χ0n) is 9.79. The fourth-order valence-corrected chi connectivity index (χ4v) is 2.02. The van der Waals surface area contributed by atoms with E-state index >= 15 is 0 Å². The van der Waals surface area contributed by atoms with Gasteiger partial charge in [-0.1, -0.05) is 13.8 Å². The highest BCUT2D eigenvalue weighted by Crippen LogP contribution is 2.19. The standard InChI is InChI=1S/C10H21BN2O2/c1-7(2)9(13-11(3)15)6-8-4-5-12-10(8)14/h7-9,13,15H,4-6H2,1-3H3,(H,12,14). The molecule has 0 radical (unpaired) electrons. The molecule has 1 saturated heterocycles. The molecule has 4 nitrogen and oxygen atoms in total. The molecule has 0 spiro atoms. The van der Waals surface area contributed by atoms with Gasteiger partial charge in [-0.3, -0.25) is 4.79 Å². The van der Waals surface area contributed by atoms with Gasteiger partial charge in [-0.25, -0.2) is 0 Å². The van der Waals surface area contributed by atoms with Gasteiger partial charge in [0.15, 0.2) is 0 Å². The van der Waals surface area contributed by atoms with Crippen LogP contribution in [0.4, 0.5) is 0 Å². The first-order chi connectivity index (χ1) is 7.00. The Morgan fingerprint density at radius 1 is 1.67 bits per heavy atom. The van der Waals surface area contributed by atoms with E-state index < -0.39 is 7.05 Å². The van der Waals surface area contributed by atoms with Crippen LogP contribution in [0.15, 0.2) is 0 Å². The summed E-state index contributed by atoms with van der Waals surface area (Å²) in [4.78, 5) is 11.4.